The van der Waals surface area contributed by atoms with E-state index < -0.39 is 22.9 Å². The summed E-state index contributed by atoms with van der Waals surface area (Å²) < 4.78 is 10.6. The summed E-state index contributed by atoms with van der Waals surface area (Å²) in [4.78, 5) is 37.7. The number of nitrogens with zero attached hydrogens (tertiary/aromatic N) is 2. The van der Waals surface area contributed by atoms with E-state index in [1.165, 1.54) is 37.3 Å². The molecule has 1 atom stereocenters. The van der Waals surface area contributed by atoms with Crippen LogP contribution in [0.1, 0.15) is 12.8 Å². The lowest BCUT2D eigenvalue weighted by molar-refractivity contribution is -0.383. The van der Waals surface area contributed by atoms with Gasteiger partial charge in [-0.25, -0.2) is 4.79 Å². The van der Waals surface area contributed by atoms with Crippen LogP contribution < -0.4 is 20.1 Å². The van der Waals surface area contributed by atoms with Gasteiger partial charge in [-0.05, 0) is 31.0 Å². The number of benzene rings is 2. The number of para-hydroxylation sites is 3. The number of carbonyl (C=O) groups is 2. The molecule has 0 radical (unpaired) electrons. The van der Waals surface area contributed by atoms with Gasteiger partial charge in [0.25, 0.3) is 5.69 Å². The molecule has 2 aromatic carbocycles. The fourth-order valence-electron chi connectivity index (χ4n) is 3.39. The first-order valence-corrected chi connectivity index (χ1v) is 9.29. The molecule has 10 heteroatoms. The Bertz CT molecular complexity index is 942. The first-order chi connectivity index (χ1) is 14.5. The number of amides is 3. The number of hydrogen-bond donors (Lipinski definition) is 2. The number of rotatable bonds is 6. The highest BCUT2D eigenvalue weighted by atomic mass is 16.6. The van der Waals surface area contributed by atoms with E-state index in [1.54, 1.807) is 24.3 Å². The molecule has 3 amide bonds. The smallest absolute Gasteiger partial charge is 0.322 e. The largest absolute Gasteiger partial charge is 0.494 e. The maximum atomic E-state index is 12.9. The van der Waals surface area contributed by atoms with Gasteiger partial charge in [0.05, 0.1) is 19.1 Å². The monoisotopic (exact) mass is 414 g/mol. The number of urea groups is 1. The first-order valence-electron chi connectivity index (χ1n) is 9.29. The molecule has 0 bridgehead atoms. The molecule has 1 aliphatic rings. The third-order valence-corrected chi connectivity index (χ3v) is 4.83. The Labute approximate surface area is 172 Å². The molecule has 30 heavy (non-hydrogen) atoms. The van der Waals surface area contributed by atoms with Crippen molar-refractivity contribution in [2.75, 3.05) is 31.4 Å². The normalized spacial score (nSPS) is 15.4. The second kappa shape index (κ2) is 9.12. The van der Waals surface area contributed by atoms with Crippen molar-refractivity contribution in [1.29, 1.82) is 0 Å². The number of hydrogen-bond acceptors (Lipinski definition) is 6. The Morgan fingerprint density at radius 2 is 1.73 bits per heavy atom. The zero-order chi connectivity index (χ0) is 21.7. The van der Waals surface area contributed by atoms with E-state index in [1.807, 2.05) is 0 Å². The van der Waals surface area contributed by atoms with E-state index in [-0.39, 0.29) is 11.4 Å². The van der Waals surface area contributed by atoms with Crippen molar-refractivity contribution in [3.8, 4) is 11.5 Å². The quantitative estimate of drug-likeness (QED) is 0.552. The molecule has 2 aromatic rings. The van der Waals surface area contributed by atoms with Gasteiger partial charge in [-0.1, -0.05) is 18.2 Å². The summed E-state index contributed by atoms with van der Waals surface area (Å²) in [6, 6.07) is 9.65. The van der Waals surface area contributed by atoms with Crippen LogP contribution in [0.25, 0.3) is 0 Å². The predicted molar refractivity (Wildman–Crippen MR) is 110 cm³/mol. The number of methoxy groups -OCH3 is 2. The Hall–Kier alpha value is -3.82. The second-order valence-corrected chi connectivity index (χ2v) is 6.58. The molecule has 3 rings (SSSR count). The summed E-state index contributed by atoms with van der Waals surface area (Å²) in [5.41, 5.74) is 0.230. The number of likely N-dealkylation sites (tertiary alicyclic amines) is 1. The van der Waals surface area contributed by atoms with E-state index >= 15 is 0 Å². The van der Waals surface area contributed by atoms with Crippen molar-refractivity contribution in [1.82, 2.24) is 4.90 Å². The van der Waals surface area contributed by atoms with Gasteiger partial charge in [0, 0.05) is 12.6 Å². The van der Waals surface area contributed by atoms with E-state index in [2.05, 4.69) is 10.6 Å². The van der Waals surface area contributed by atoms with Crippen LogP contribution in [0.15, 0.2) is 42.5 Å². The highest BCUT2D eigenvalue weighted by Crippen LogP contribution is 2.35. The van der Waals surface area contributed by atoms with Crippen LogP contribution in [0, 0.1) is 10.1 Å². The number of carbonyl (C=O) groups excluding carboxylic acids is 2. The minimum absolute atomic E-state index is 0.0740. The lowest BCUT2D eigenvalue weighted by Crippen LogP contribution is -2.45. The van der Waals surface area contributed by atoms with Crippen molar-refractivity contribution < 1.29 is 24.0 Å². The Balaban J connectivity index is 1.77. The van der Waals surface area contributed by atoms with Crippen molar-refractivity contribution in [2.45, 2.75) is 18.9 Å². The van der Waals surface area contributed by atoms with E-state index in [0.29, 0.717) is 36.6 Å². The lowest BCUT2D eigenvalue weighted by Gasteiger charge is -2.25. The molecule has 0 saturated carbocycles. The van der Waals surface area contributed by atoms with Crippen molar-refractivity contribution in [3.63, 3.8) is 0 Å². The van der Waals surface area contributed by atoms with Crippen LogP contribution in [0.2, 0.25) is 0 Å². The van der Waals surface area contributed by atoms with Crippen LogP contribution in [-0.4, -0.2) is 48.6 Å². The molecular weight excluding hydrogens is 392 g/mol. The van der Waals surface area contributed by atoms with Gasteiger partial charge < -0.3 is 25.0 Å². The van der Waals surface area contributed by atoms with Crippen molar-refractivity contribution >= 4 is 29.0 Å². The summed E-state index contributed by atoms with van der Waals surface area (Å²) in [6.07, 6.45) is 1.10. The fraction of sp³-hybridized carbons (Fsp3) is 0.300. The predicted octanol–water partition coefficient (Wildman–Crippen LogP) is 3.25. The second-order valence-electron chi connectivity index (χ2n) is 6.58. The molecule has 0 aromatic heterocycles. The Morgan fingerprint density at radius 1 is 1.07 bits per heavy atom. The molecule has 0 aliphatic carbocycles. The average molecular weight is 414 g/mol. The topological polar surface area (TPSA) is 123 Å². The third-order valence-electron chi connectivity index (χ3n) is 4.83. The average Bonchev–Trinajstić information content (AvgIpc) is 3.24. The number of nitro groups is 1. The summed E-state index contributed by atoms with van der Waals surface area (Å²) in [7, 11) is 2.96. The van der Waals surface area contributed by atoms with Gasteiger partial charge in [-0.15, -0.1) is 0 Å². The Kier molecular flexibility index (Phi) is 6.35. The minimum atomic E-state index is -0.734. The van der Waals surface area contributed by atoms with Gasteiger partial charge in [0.1, 0.15) is 28.9 Å². The highest BCUT2D eigenvalue weighted by Gasteiger charge is 2.35. The number of ether oxygens (including phenoxy) is 2. The van der Waals surface area contributed by atoms with E-state index in [0.717, 1.165) is 0 Å². The van der Waals surface area contributed by atoms with E-state index in [9.17, 15) is 19.7 Å². The zero-order valence-corrected chi connectivity index (χ0v) is 16.6. The first kappa shape index (κ1) is 20.9. The molecule has 10 nitrogen and oxygen atoms in total. The molecule has 158 valence electrons. The van der Waals surface area contributed by atoms with Gasteiger partial charge in [-0.2, -0.15) is 0 Å². The Morgan fingerprint density at radius 3 is 2.37 bits per heavy atom. The van der Waals surface area contributed by atoms with Crippen molar-refractivity contribution in [3.05, 3.63) is 52.6 Å². The van der Waals surface area contributed by atoms with Gasteiger partial charge >= 0.3 is 6.03 Å². The van der Waals surface area contributed by atoms with Crippen LogP contribution >= 0.6 is 0 Å². The van der Waals surface area contributed by atoms with Gasteiger partial charge in [0.2, 0.25) is 5.91 Å². The molecule has 1 heterocycles. The highest BCUT2D eigenvalue weighted by molar-refractivity contribution is 6.01. The summed E-state index contributed by atoms with van der Waals surface area (Å²) in [5, 5.41) is 16.5. The van der Waals surface area contributed by atoms with Crippen molar-refractivity contribution in [2.24, 2.45) is 0 Å². The van der Waals surface area contributed by atoms with Crippen LogP contribution in [-0.2, 0) is 4.79 Å². The number of nitrogens with one attached hydrogen (secondary N) is 2. The number of anilines is 2. The van der Waals surface area contributed by atoms with E-state index in [4.69, 9.17) is 9.47 Å². The molecule has 1 aliphatic heterocycles. The maximum Gasteiger partial charge on any atom is 0.322 e. The zero-order valence-electron chi connectivity index (χ0n) is 16.6. The summed E-state index contributed by atoms with van der Waals surface area (Å²) in [5.74, 6) is 0.459. The SMILES string of the molecule is COc1cccc(OC)c1NC(=O)[C@H]1CCCN1C(=O)Nc1ccccc1[N+](=O)[O-]. The van der Waals surface area contributed by atoms with Crippen LogP contribution in [0.4, 0.5) is 21.9 Å². The van der Waals surface area contributed by atoms with Gasteiger partial charge in [-0.3, -0.25) is 14.9 Å². The minimum Gasteiger partial charge on any atom is -0.494 e. The molecule has 0 spiro atoms. The molecular formula is C20H22N4O6. The van der Waals surface area contributed by atoms with Gasteiger partial charge in [0.15, 0.2) is 0 Å². The summed E-state index contributed by atoms with van der Waals surface area (Å²) in [6.45, 7) is 0.355. The maximum absolute atomic E-state index is 12.9. The third kappa shape index (κ3) is 4.27. The molecule has 1 fully saturated rings. The lowest BCUT2D eigenvalue weighted by atomic mass is 10.2. The number of nitro benzene ring substituents is 1. The standard InChI is InChI=1S/C20H22N4O6/c1-29-16-10-5-11-17(30-2)18(16)22-19(25)15-9-6-12-23(15)20(26)21-13-7-3-4-8-14(13)24(27)28/h3-5,7-8,10-11,15H,6,9,12H2,1-2H3,(H,21,26)(H,22,25)/t15-/m1/s1. The van der Waals surface area contributed by atoms with Crippen LogP contribution in [0.5, 0.6) is 11.5 Å². The fourth-order valence-corrected chi connectivity index (χ4v) is 3.39. The molecule has 2 N–H and O–H groups in total. The van der Waals surface area contributed by atoms with Crippen LogP contribution in [0.3, 0.4) is 0 Å². The summed E-state index contributed by atoms with van der Waals surface area (Å²) >= 11 is 0. The molecule has 1 saturated heterocycles. The molecule has 0 unspecified atom stereocenters.